The third-order valence-corrected chi connectivity index (χ3v) is 8.71. The summed E-state index contributed by atoms with van der Waals surface area (Å²) >= 11 is 1.36. The van der Waals surface area contributed by atoms with E-state index in [0.29, 0.717) is 5.92 Å². The van der Waals surface area contributed by atoms with Gasteiger partial charge in [0.2, 0.25) is 0 Å². The van der Waals surface area contributed by atoms with E-state index >= 15 is 0 Å². The van der Waals surface area contributed by atoms with Crippen molar-refractivity contribution < 1.29 is 28.1 Å². The molecular formula is C45H55Cl2OSiZr-3. The van der Waals surface area contributed by atoms with Crippen molar-refractivity contribution in [3.05, 3.63) is 139 Å². The van der Waals surface area contributed by atoms with E-state index in [1.807, 2.05) is 0 Å². The van der Waals surface area contributed by atoms with Gasteiger partial charge in [-0.25, -0.2) is 0 Å². The molecule has 0 unspecified atom stereocenters. The molecule has 6 rings (SSSR count). The first-order chi connectivity index (χ1) is 22.7. The predicted octanol–water partition coefficient (Wildman–Crippen LogP) is 13.7. The van der Waals surface area contributed by atoms with Crippen molar-refractivity contribution in [3.63, 3.8) is 0 Å². The number of unbranched alkanes of at least 4 members (excludes halogenated alkanes) is 3. The van der Waals surface area contributed by atoms with Crippen LogP contribution in [0, 0.1) is 14.4 Å². The fourth-order valence-electron chi connectivity index (χ4n) is 6.32. The molecule has 0 aliphatic rings. The van der Waals surface area contributed by atoms with Crippen LogP contribution in [0.3, 0.4) is 0 Å². The molecule has 0 fully saturated rings. The topological polar surface area (TPSA) is 9.23 Å². The molecule has 1 nitrogen and oxygen atoms in total. The van der Waals surface area contributed by atoms with Gasteiger partial charge in [-0.05, 0) is 44.2 Å². The van der Waals surface area contributed by atoms with Gasteiger partial charge in [0.05, 0.1) is 5.60 Å². The van der Waals surface area contributed by atoms with E-state index in [1.165, 1.54) is 110 Å². The third kappa shape index (κ3) is 12.8. The van der Waals surface area contributed by atoms with Gasteiger partial charge in [0.15, 0.2) is 0 Å². The quantitative estimate of drug-likeness (QED) is 0.0762. The average molecular weight is 802 g/mol. The second-order valence-electron chi connectivity index (χ2n) is 13.7. The zero-order chi connectivity index (χ0) is 33.8. The summed E-state index contributed by atoms with van der Waals surface area (Å²) in [6, 6.07) is 41.7. The van der Waals surface area contributed by atoms with Crippen LogP contribution in [-0.2, 0) is 34.5 Å². The summed E-state index contributed by atoms with van der Waals surface area (Å²) in [6.45, 7) is 17.1. The van der Waals surface area contributed by atoms with Crippen molar-refractivity contribution in [1.82, 2.24) is 0 Å². The Morgan fingerprint density at radius 1 is 0.680 bits per heavy atom. The van der Waals surface area contributed by atoms with E-state index < -0.39 is 0 Å². The number of ether oxygens (including phenoxy) is 1. The van der Waals surface area contributed by atoms with Crippen LogP contribution in [0.15, 0.2) is 115 Å². The molecule has 0 aliphatic heterocycles. The number of rotatable bonds is 10. The molecule has 2 radical (unpaired) electrons. The monoisotopic (exact) mass is 799 g/mol. The van der Waals surface area contributed by atoms with Gasteiger partial charge in [-0.3, -0.25) is 0 Å². The van der Waals surface area contributed by atoms with Crippen molar-refractivity contribution in [2.45, 2.75) is 85.2 Å². The van der Waals surface area contributed by atoms with Gasteiger partial charge in [-0.2, -0.15) is 6.07 Å². The van der Waals surface area contributed by atoms with Gasteiger partial charge in [0.1, 0.15) is 0 Å². The molecule has 0 amide bonds. The summed E-state index contributed by atoms with van der Waals surface area (Å²) in [4.78, 5) is 0. The normalized spacial score (nSPS) is 10.6. The minimum atomic E-state index is -0.0147. The Balaban J connectivity index is 0.000000477. The molecule has 0 N–H and O–H groups in total. The van der Waals surface area contributed by atoms with Crippen LogP contribution >= 0.6 is 24.8 Å². The molecule has 266 valence electrons. The molecule has 5 heteroatoms. The Morgan fingerprint density at radius 2 is 1.22 bits per heavy atom. The van der Waals surface area contributed by atoms with E-state index in [0.717, 1.165) is 13.0 Å². The van der Waals surface area contributed by atoms with Gasteiger partial charge in [-0.1, -0.05) is 130 Å². The summed E-state index contributed by atoms with van der Waals surface area (Å²) < 4.78 is 5.82. The zero-order valence-corrected chi connectivity index (χ0v) is 36.1. The fourth-order valence-corrected chi connectivity index (χ4v) is 6.32. The third-order valence-electron chi connectivity index (χ3n) is 8.71. The predicted molar refractivity (Wildman–Crippen MR) is 223 cm³/mol. The number of hydrogen-bond acceptors (Lipinski definition) is 1. The second-order valence-corrected chi connectivity index (χ2v) is 13.7. The minimum absolute atomic E-state index is 0. The summed E-state index contributed by atoms with van der Waals surface area (Å²) in [5.41, 5.74) is 9.69. The zero-order valence-electron chi connectivity index (χ0n) is 31.0. The maximum atomic E-state index is 5.82. The van der Waals surface area contributed by atoms with Crippen LogP contribution in [0.2, 0.25) is 0 Å². The summed E-state index contributed by atoms with van der Waals surface area (Å²) in [7, 11) is 0. The molecule has 0 heterocycles. The Morgan fingerprint density at radius 3 is 1.80 bits per heavy atom. The van der Waals surface area contributed by atoms with Crippen molar-refractivity contribution in [1.29, 1.82) is 0 Å². The van der Waals surface area contributed by atoms with E-state index in [-0.39, 0.29) is 37.8 Å². The summed E-state index contributed by atoms with van der Waals surface area (Å²) in [6.07, 6.45) is 6.09. The first-order valence-electron chi connectivity index (χ1n) is 17.1. The fraction of sp³-hybridized carbons (Fsp3) is 0.311. The number of benzene rings is 4. The van der Waals surface area contributed by atoms with Gasteiger partial charge < -0.3 is 12.2 Å². The Labute approximate surface area is 332 Å². The molecule has 0 saturated carbocycles. The Kier molecular flexibility index (Phi) is 20.7. The first kappa shape index (κ1) is 45.8. The molecule has 50 heavy (non-hydrogen) atoms. The van der Waals surface area contributed by atoms with Crippen molar-refractivity contribution in [3.8, 4) is 22.3 Å². The maximum absolute atomic E-state index is 5.82. The van der Waals surface area contributed by atoms with Crippen LogP contribution in [0.1, 0.15) is 82.9 Å². The van der Waals surface area contributed by atoms with E-state index in [1.54, 1.807) is 0 Å². The van der Waals surface area contributed by atoms with Gasteiger partial charge in [0, 0.05) is 6.61 Å². The molecule has 0 aliphatic carbocycles. The number of hydrogen-bond donors (Lipinski definition) is 0. The van der Waals surface area contributed by atoms with Crippen LogP contribution in [-0.4, -0.2) is 19.1 Å². The van der Waals surface area contributed by atoms with Gasteiger partial charge >= 0.3 is 30.2 Å². The number of aryl methyl sites for hydroxylation is 2. The van der Waals surface area contributed by atoms with Gasteiger partial charge in [-0.15, -0.1) is 99.4 Å². The summed E-state index contributed by atoms with van der Waals surface area (Å²) in [5, 5.41) is 5.55. The molecule has 0 bridgehead atoms. The van der Waals surface area contributed by atoms with Gasteiger partial charge in [0.25, 0.3) is 0 Å². The second kappa shape index (κ2) is 22.6. The summed E-state index contributed by atoms with van der Waals surface area (Å²) in [5.74, 6) is 0.584. The van der Waals surface area contributed by atoms with Crippen molar-refractivity contribution in [2.75, 3.05) is 6.61 Å². The van der Waals surface area contributed by atoms with E-state index in [4.69, 9.17) is 4.74 Å². The molecule has 0 aromatic heterocycles. The van der Waals surface area contributed by atoms with Crippen LogP contribution in [0.4, 0.5) is 0 Å². The van der Waals surface area contributed by atoms with Crippen molar-refractivity contribution >= 4 is 53.2 Å². The average Bonchev–Trinajstić information content (AvgIpc) is 3.67. The SMILES string of the molecule is CC(C)c1cc2c(-c3ccccc3)cccc2[cH-]1.Cc1[cH-]c2cccc(-c3ccccc3)c2c1CCCCCCOC(C)(C)C.Cl.Cl.[CH3-].[Si]=[Zr]. The molecule has 0 saturated heterocycles. The molecular weight excluding hydrogens is 747 g/mol. The Hall–Kier alpha value is -2.26. The van der Waals surface area contributed by atoms with E-state index in [9.17, 15) is 0 Å². The molecule has 0 spiro atoms. The number of fused-ring (bicyclic) bond motifs is 2. The Bertz CT molecular complexity index is 1820. The molecule has 6 aromatic carbocycles. The van der Waals surface area contributed by atoms with Crippen LogP contribution < -0.4 is 0 Å². The molecule has 6 aromatic rings. The molecule has 0 atom stereocenters. The van der Waals surface area contributed by atoms with Crippen molar-refractivity contribution in [2.24, 2.45) is 0 Å². The van der Waals surface area contributed by atoms with Crippen LogP contribution in [0.5, 0.6) is 0 Å². The van der Waals surface area contributed by atoms with E-state index in [2.05, 4.69) is 164 Å². The number of halogens is 2. The first-order valence-corrected chi connectivity index (χ1v) is 21.3. The standard InChI is InChI=1S/C26H33O.C18H17.CH3.2ClH.Si.Zr/c1-20-19-22-15-12-17-24(21-13-8-7-9-14-21)25(22)23(20)16-10-5-6-11-18-27-26(2,3)4;1-13(2)16-11-15-9-6-10-17(18(15)12-16)14-7-4-3-5-8-14;;;;;/h7-9,12-15,17,19H,5-6,10-11,16,18H2,1-4H3;3-13H,1-2H3;1H3;2*1H;;/q3*-1;;;;. The van der Waals surface area contributed by atoms with Crippen LogP contribution in [0.25, 0.3) is 43.8 Å².